The van der Waals surface area contributed by atoms with E-state index in [1.807, 2.05) is 32.0 Å². The number of aromatic nitrogens is 2. The van der Waals surface area contributed by atoms with Gasteiger partial charge in [-0.25, -0.2) is 0 Å². The number of aliphatic hydroxyl groups excluding tert-OH is 1. The molecule has 0 spiro atoms. The van der Waals surface area contributed by atoms with Crippen molar-refractivity contribution in [1.29, 1.82) is 0 Å². The summed E-state index contributed by atoms with van der Waals surface area (Å²) in [6.07, 6.45) is 4.10. The average Bonchev–Trinajstić information content (AvgIpc) is 2.53. The summed E-state index contributed by atoms with van der Waals surface area (Å²) < 4.78 is 5.76. The van der Waals surface area contributed by atoms with Gasteiger partial charge in [0.15, 0.2) is 0 Å². The molecule has 2 aromatic rings. The Morgan fingerprint density at radius 3 is 2.48 bits per heavy atom. The fraction of sp³-hybridized carbons (Fsp3) is 0.474. The molecule has 0 aliphatic heterocycles. The van der Waals surface area contributed by atoms with Crippen molar-refractivity contribution >= 4 is 0 Å². The van der Waals surface area contributed by atoms with Crippen molar-refractivity contribution in [2.45, 2.75) is 46.1 Å². The maximum atomic E-state index is 8.74. The van der Waals surface area contributed by atoms with Crippen LogP contribution in [0.5, 0.6) is 0 Å². The molecule has 4 heteroatoms. The zero-order valence-corrected chi connectivity index (χ0v) is 14.1. The molecular formula is C19H26N2O2. The van der Waals surface area contributed by atoms with Crippen molar-refractivity contribution in [3.05, 3.63) is 47.3 Å². The molecule has 1 N–H and O–H groups in total. The van der Waals surface area contributed by atoms with E-state index < -0.39 is 0 Å². The third-order valence-corrected chi connectivity index (χ3v) is 3.63. The first-order valence-corrected chi connectivity index (χ1v) is 8.29. The van der Waals surface area contributed by atoms with Gasteiger partial charge in [0.1, 0.15) is 0 Å². The number of hydrogen-bond acceptors (Lipinski definition) is 4. The van der Waals surface area contributed by atoms with Gasteiger partial charge in [0.2, 0.25) is 0 Å². The van der Waals surface area contributed by atoms with Crippen LogP contribution in [0.1, 0.15) is 42.6 Å². The van der Waals surface area contributed by atoms with Gasteiger partial charge in [0, 0.05) is 24.6 Å². The highest BCUT2D eigenvalue weighted by molar-refractivity contribution is 5.55. The van der Waals surface area contributed by atoms with E-state index in [1.54, 1.807) is 0 Å². The van der Waals surface area contributed by atoms with E-state index in [0.717, 1.165) is 60.6 Å². The molecule has 0 aliphatic rings. The maximum absolute atomic E-state index is 8.74. The largest absolute Gasteiger partial charge is 0.396 e. The van der Waals surface area contributed by atoms with Crippen molar-refractivity contribution < 1.29 is 9.84 Å². The molecule has 0 aromatic carbocycles. The number of ether oxygens (including phenoxy) is 1. The van der Waals surface area contributed by atoms with Crippen LogP contribution in [-0.4, -0.2) is 28.3 Å². The minimum Gasteiger partial charge on any atom is -0.396 e. The van der Waals surface area contributed by atoms with E-state index in [-0.39, 0.29) is 6.61 Å². The third-order valence-electron chi connectivity index (χ3n) is 3.63. The van der Waals surface area contributed by atoms with Gasteiger partial charge >= 0.3 is 0 Å². The van der Waals surface area contributed by atoms with Crippen LogP contribution in [0, 0.1) is 13.8 Å². The van der Waals surface area contributed by atoms with E-state index in [4.69, 9.17) is 9.84 Å². The minimum atomic E-state index is 0.285. The summed E-state index contributed by atoms with van der Waals surface area (Å²) in [7, 11) is 0. The van der Waals surface area contributed by atoms with Crippen LogP contribution in [-0.2, 0) is 11.3 Å². The fourth-order valence-electron chi connectivity index (χ4n) is 2.50. The fourth-order valence-corrected chi connectivity index (χ4v) is 2.50. The van der Waals surface area contributed by atoms with E-state index in [2.05, 4.69) is 22.1 Å². The van der Waals surface area contributed by atoms with Crippen LogP contribution < -0.4 is 0 Å². The lowest BCUT2D eigenvalue weighted by molar-refractivity contribution is 0.116. The quantitative estimate of drug-likeness (QED) is 0.715. The van der Waals surface area contributed by atoms with Gasteiger partial charge in [-0.05, 0) is 56.5 Å². The third kappa shape index (κ3) is 6.08. The number of hydrogen-bond donors (Lipinski definition) is 1. The second-order valence-corrected chi connectivity index (χ2v) is 5.86. The molecule has 0 aliphatic carbocycles. The molecule has 0 radical (unpaired) electrons. The number of aliphatic hydroxyl groups is 1. The van der Waals surface area contributed by atoms with Crippen molar-refractivity contribution in [3.8, 4) is 11.4 Å². The second kappa shape index (κ2) is 9.38. The number of unbranched alkanes of at least 4 members (excludes halogenated alkanes) is 3. The number of nitrogens with zero attached hydrogens (tertiary/aromatic N) is 2. The topological polar surface area (TPSA) is 55.2 Å². The lowest BCUT2D eigenvalue weighted by atomic mass is 10.1. The molecule has 0 saturated heterocycles. The zero-order valence-electron chi connectivity index (χ0n) is 14.1. The Morgan fingerprint density at radius 2 is 1.70 bits per heavy atom. The number of rotatable bonds is 9. The molecule has 0 atom stereocenters. The van der Waals surface area contributed by atoms with E-state index >= 15 is 0 Å². The van der Waals surface area contributed by atoms with Crippen molar-refractivity contribution in [2.75, 3.05) is 13.2 Å². The Balaban J connectivity index is 1.90. The van der Waals surface area contributed by atoms with E-state index in [9.17, 15) is 0 Å². The lowest BCUT2D eigenvalue weighted by Crippen LogP contribution is -1.99. The highest BCUT2D eigenvalue weighted by atomic mass is 16.5. The summed E-state index contributed by atoms with van der Waals surface area (Å²) in [6.45, 7) is 5.62. The maximum Gasteiger partial charge on any atom is 0.0893 e. The molecule has 2 aromatic heterocycles. The molecule has 4 nitrogen and oxygen atoms in total. The van der Waals surface area contributed by atoms with Crippen molar-refractivity contribution in [2.24, 2.45) is 0 Å². The van der Waals surface area contributed by atoms with Crippen molar-refractivity contribution in [3.63, 3.8) is 0 Å². The lowest BCUT2D eigenvalue weighted by Gasteiger charge is -2.08. The van der Waals surface area contributed by atoms with Gasteiger partial charge in [-0.3, -0.25) is 9.97 Å². The average molecular weight is 314 g/mol. The van der Waals surface area contributed by atoms with Gasteiger partial charge in [0.25, 0.3) is 0 Å². The molecule has 2 rings (SSSR count). The van der Waals surface area contributed by atoms with Crippen LogP contribution in [0.2, 0.25) is 0 Å². The molecular weight excluding hydrogens is 288 g/mol. The summed E-state index contributed by atoms with van der Waals surface area (Å²) in [4.78, 5) is 9.12. The first-order chi connectivity index (χ1) is 11.2. The van der Waals surface area contributed by atoms with Gasteiger partial charge in [0.05, 0.1) is 18.0 Å². The van der Waals surface area contributed by atoms with Gasteiger partial charge < -0.3 is 9.84 Å². The van der Waals surface area contributed by atoms with Crippen LogP contribution >= 0.6 is 0 Å². The van der Waals surface area contributed by atoms with Crippen LogP contribution in [0.3, 0.4) is 0 Å². The molecule has 0 bridgehead atoms. The SMILES string of the molecule is Cc1cccc(-c2cc(COCCCCCCO)cc(C)n2)n1. The molecule has 124 valence electrons. The second-order valence-electron chi connectivity index (χ2n) is 5.86. The number of pyridine rings is 2. The Morgan fingerprint density at radius 1 is 0.913 bits per heavy atom. The predicted molar refractivity (Wildman–Crippen MR) is 92.2 cm³/mol. The van der Waals surface area contributed by atoms with Crippen LogP contribution in [0.4, 0.5) is 0 Å². The van der Waals surface area contributed by atoms with E-state index in [0.29, 0.717) is 6.61 Å². The normalized spacial score (nSPS) is 10.9. The molecule has 0 unspecified atom stereocenters. The van der Waals surface area contributed by atoms with Gasteiger partial charge in [-0.15, -0.1) is 0 Å². The van der Waals surface area contributed by atoms with Crippen LogP contribution in [0.15, 0.2) is 30.3 Å². The molecule has 0 amide bonds. The summed E-state index contributed by atoms with van der Waals surface area (Å²) in [6, 6.07) is 10.1. The molecule has 0 saturated carbocycles. The summed E-state index contributed by atoms with van der Waals surface area (Å²) in [5.74, 6) is 0. The Kier molecular flexibility index (Phi) is 7.17. The Hall–Kier alpha value is -1.78. The summed E-state index contributed by atoms with van der Waals surface area (Å²) >= 11 is 0. The standard InChI is InChI=1S/C19H26N2O2/c1-15-8-7-9-18(20-15)19-13-17(12-16(2)21-19)14-23-11-6-4-3-5-10-22/h7-9,12-13,22H,3-6,10-11,14H2,1-2H3. The summed E-state index contributed by atoms with van der Waals surface area (Å²) in [5.41, 5.74) is 4.90. The highest BCUT2D eigenvalue weighted by Gasteiger charge is 2.05. The first-order valence-electron chi connectivity index (χ1n) is 8.29. The molecule has 23 heavy (non-hydrogen) atoms. The smallest absolute Gasteiger partial charge is 0.0893 e. The number of aryl methyl sites for hydroxylation is 2. The monoisotopic (exact) mass is 314 g/mol. The molecule has 2 heterocycles. The zero-order chi connectivity index (χ0) is 16.5. The van der Waals surface area contributed by atoms with Gasteiger partial charge in [-0.2, -0.15) is 0 Å². The minimum absolute atomic E-state index is 0.285. The molecule has 0 fully saturated rings. The first kappa shape index (κ1) is 17.6. The van der Waals surface area contributed by atoms with Crippen LogP contribution in [0.25, 0.3) is 11.4 Å². The Bertz CT molecular complexity index is 614. The van der Waals surface area contributed by atoms with E-state index in [1.165, 1.54) is 0 Å². The predicted octanol–water partition coefficient (Wildman–Crippen LogP) is 3.83. The Labute approximate surface area is 138 Å². The summed E-state index contributed by atoms with van der Waals surface area (Å²) in [5, 5.41) is 8.74. The highest BCUT2D eigenvalue weighted by Crippen LogP contribution is 2.18. The van der Waals surface area contributed by atoms with Crippen molar-refractivity contribution in [1.82, 2.24) is 9.97 Å². The van der Waals surface area contributed by atoms with Gasteiger partial charge in [-0.1, -0.05) is 18.9 Å².